The molecule has 1 aliphatic heterocycles. The normalized spacial score (nSPS) is 22.9. The second-order valence-corrected chi connectivity index (χ2v) is 8.07. The van der Waals surface area contributed by atoms with Crippen LogP contribution in [-0.2, 0) is 16.4 Å². The van der Waals surface area contributed by atoms with Gasteiger partial charge in [-0.25, -0.2) is 8.42 Å². The van der Waals surface area contributed by atoms with Gasteiger partial charge in [0.25, 0.3) is 0 Å². The van der Waals surface area contributed by atoms with E-state index < -0.39 is 9.84 Å². The van der Waals surface area contributed by atoms with Crippen molar-refractivity contribution in [3.05, 3.63) is 33.3 Å². The van der Waals surface area contributed by atoms with Crippen LogP contribution in [0.4, 0.5) is 0 Å². The van der Waals surface area contributed by atoms with E-state index in [1.54, 1.807) is 0 Å². The molecule has 0 spiro atoms. The number of hydrogen-bond acceptors (Lipinski definition) is 3. The Kier molecular flexibility index (Phi) is 4.69. The fourth-order valence-electron chi connectivity index (χ4n) is 2.10. The van der Waals surface area contributed by atoms with Crippen molar-refractivity contribution in [1.82, 2.24) is 5.32 Å². The summed E-state index contributed by atoms with van der Waals surface area (Å²) in [6.07, 6.45) is 1.67. The molecular formula is C12H15BrClNO2S. The number of nitrogens with one attached hydrogen (secondary N) is 1. The number of halogens is 2. The zero-order valence-corrected chi connectivity index (χ0v) is 13.0. The number of hydrogen-bond donors (Lipinski definition) is 1. The Morgan fingerprint density at radius 3 is 2.89 bits per heavy atom. The van der Waals surface area contributed by atoms with Gasteiger partial charge in [-0.1, -0.05) is 17.7 Å². The fraction of sp³-hybridized carbons (Fsp3) is 0.500. The summed E-state index contributed by atoms with van der Waals surface area (Å²) in [7, 11) is -2.85. The molecule has 6 heteroatoms. The van der Waals surface area contributed by atoms with Crippen LogP contribution in [0.25, 0.3) is 0 Å². The van der Waals surface area contributed by atoms with Gasteiger partial charge in [-0.2, -0.15) is 0 Å². The Bertz CT molecular complexity index is 533. The minimum absolute atomic E-state index is 0.0613. The van der Waals surface area contributed by atoms with E-state index in [4.69, 9.17) is 11.6 Å². The fourth-order valence-corrected chi connectivity index (χ4v) is 4.22. The molecule has 18 heavy (non-hydrogen) atoms. The Hall–Kier alpha value is -0.100. The summed E-state index contributed by atoms with van der Waals surface area (Å²) >= 11 is 9.35. The third-order valence-electron chi connectivity index (χ3n) is 3.04. The van der Waals surface area contributed by atoms with Gasteiger partial charge in [-0.3, -0.25) is 0 Å². The molecule has 0 aromatic heterocycles. The predicted octanol–water partition coefficient (Wildman–Crippen LogP) is 2.77. The minimum atomic E-state index is -2.85. The van der Waals surface area contributed by atoms with Crippen molar-refractivity contribution in [3.8, 4) is 0 Å². The lowest BCUT2D eigenvalue weighted by Crippen LogP contribution is -2.39. The summed E-state index contributed by atoms with van der Waals surface area (Å²) in [5.74, 6) is 0.576. The van der Waals surface area contributed by atoms with Crippen LogP contribution in [0.15, 0.2) is 22.7 Å². The topological polar surface area (TPSA) is 46.2 Å². The van der Waals surface area contributed by atoms with E-state index >= 15 is 0 Å². The molecule has 0 amide bonds. The average molecular weight is 353 g/mol. The van der Waals surface area contributed by atoms with Crippen LogP contribution in [0.5, 0.6) is 0 Å². The van der Waals surface area contributed by atoms with Crippen molar-refractivity contribution >= 4 is 37.4 Å². The van der Waals surface area contributed by atoms with Gasteiger partial charge >= 0.3 is 0 Å². The lowest BCUT2D eigenvalue weighted by atomic mass is 10.1. The summed E-state index contributed by atoms with van der Waals surface area (Å²) < 4.78 is 23.9. The zero-order valence-electron chi connectivity index (χ0n) is 9.83. The Morgan fingerprint density at radius 1 is 1.44 bits per heavy atom. The van der Waals surface area contributed by atoms with Gasteiger partial charge in [0, 0.05) is 17.1 Å². The maximum absolute atomic E-state index is 11.5. The zero-order chi connectivity index (χ0) is 13.2. The first-order valence-corrected chi connectivity index (χ1v) is 8.83. The van der Waals surface area contributed by atoms with Gasteiger partial charge in [0.2, 0.25) is 0 Å². The van der Waals surface area contributed by atoms with Crippen molar-refractivity contribution in [2.45, 2.75) is 25.4 Å². The van der Waals surface area contributed by atoms with Crippen LogP contribution < -0.4 is 5.32 Å². The summed E-state index contributed by atoms with van der Waals surface area (Å²) in [4.78, 5) is 0. The lowest BCUT2D eigenvalue weighted by molar-refractivity contribution is 0.480. The number of benzene rings is 1. The van der Waals surface area contributed by atoms with Crippen molar-refractivity contribution in [3.63, 3.8) is 0 Å². The molecule has 1 heterocycles. The van der Waals surface area contributed by atoms with E-state index in [1.165, 1.54) is 0 Å². The van der Waals surface area contributed by atoms with Crippen LogP contribution >= 0.6 is 27.5 Å². The molecule has 1 aromatic carbocycles. The average Bonchev–Trinajstić information content (AvgIpc) is 2.29. The highest BCUT2D eigenvalue weighted by molar-refractivity contribution is 9.10. The highest BCUT2D eigenvalue weighted by Gasteiger charge is 2.24. The smallest absolute Gasteiger partial charge is 0.151 e. The molecule has 1 atom stereocenters. The number of sulfone groups is 1. The van der Waals surface area contributed by atoms with E-state index in [9.17, 15) is 8.42 Å². The van der Waals surface area contributed by atoms with Crippen molar-refractivity contribution in [2.75, 3.05) is 11.5 Å². The molecule has 0 aliphatic carbocycles. The quantitative estimate of drug-likeness (QED) is 0.910. The lowest BCUT2D eigenvalue weighted by Gasteiger charge is -2.23. The van der Waals surface area contributed by atoms with Crippen LogP contribution in [-0.4, -0.2) is 26.0 Å². The molecule has 1 fully saturated rings. The van der Waals surface area contributed by atoms with Gasteiger partial charge in [-0.05, 0) is 46.5 Å². The molecule has 2 rings (SSSR count). The maximum atomic E-state index is 11.5. The molecule has 0 saturated carbocycles. The Balaban J connectivity index is 1.93. The Labute approximate surface area is 121 Å². The molecule has 3 nitrogen and oxygen atoms in total. The van der Waals surface area contributed by atoms with Crippen LogP contribution in [0.3, 0.4) is 0 Å². The van der Waals surface area contributed by atoms with Gasteiger partial charge in [0.1, 0.15) is 0 Å². The molecule has 0 bridgehead atoms. The highest BCUT2D eigenvalue weighted by Crippen LogP contribution is 2.23. The van der Waals surface area contributed by atoms with Crippen LogP contribution in [0.1, 0.15) is 18.4 Å². The summed E-state index contributed by atoms with van der Waals surface area (Å²) in [5.41, 5.74) is 1.06. The third kappa shape index (κ3) is 3.95. The highest BCUT2D eigenvalue weighted by atomic mass is 79.9. The first kappa shape index (κ1) is 14.3. The van der Waals surface area contributed by atoms with E-state index in [0.29, 0.717) is 17.3 Å². The van der Waals surface area contributed by atoms with Gasteiger partial charge in [0.05, 0.1) is 16.5 Å². The second kappa shape index (κ2) is 5.90. The molecule has 1 N–H and O–H groups in total. The molecule has 1 saturated heterocycles. The molecule has 1 aromatic rings. The Morgan fingerprint density at radius 2 is 2.22 bits per heavy atom. The summed E-state index contributed by atoms with van der Waals surface area (Å²) in [5, 5.41) is 3.96. The standard InChI is InChI=1S/C12H15BrClNO2S/c13-11-4-3-9(6-12(11)14)7-15-10-2-1-5-18(16,17)8-10/h3-4,6,10,15H,1-2,5,7-8H2. The van der Waals surface area contributed by atoms with E-state index in [1.807, 2.05) is 18.2 Å². The van der Waals surface area contributed by atoms with E-state index in [2.05, 4.69) is 21.2 Å². The molecule has 1 unspecified atom stereocenters. The molecule has 1 aliphatic rings. The van der Waals surface area contributed by atoms with Gasteiger partial charge in [-0.15, -0.1) is 0 Å². The van der Waals surface area contributed by atoms with Crippen molar-refractivity contribution < 1.29 is 8.42 Å². The SMILES string of the molecule is O=S1(=O)CCCC(NCc2ccc(Br)c(Cl)c2)C1. The second-order valence-electron chi connectivity index (χ2n) is 4.58. The summed E-state index contributed by atoms with van der Waals surface area (Å²) in [6, 6.07) is 5.82. The van der Waals surface area contributed by atoms with E-state index in [-0.39, 0.29) is 11.8 Å². The van der Waals surface area contributed by atoms with Crippen molar-refractivity contribution in [2.24, 2.45) is 0 Å². The third-order valence-corrected chi connectivity index (χ3v) is 6.10. The first-order valence-electron chi connectivity index (χ1n) is 5.84. The number of rotatable bonds is 3. The largest absolute Gasteiger partial charge is 0.309 e. The summed E-state index contributed by atoms with van der Waals surface area (Å²) in [6.45, 7) is 0.646. The first-order chi connectivity index (χ1) is 8.46. The molecule has 0 radical (unpaired) electrons. The maximum Gasteiger partial charge on any atom is 0.151 e. The predicted molar refractivity (Wildman–Crippen MR) is 77.7 cm³/mol. The van der Waals surface area contributed by atoms with Crippen LogP contribution in [0.2, 0.25) is 5.02 Å². The van der Waals surface area contributed by atoms with E-state index in [0.717, 1.165) is 22.9 Å². The monoisotopic (exact) mass is 351 g/mol. The molecule has 100 valence electrons. The molecular weight excluding hydrogens is 338 g/mol. The van der Waals surface area contributed by atoms with Gasteiger partial charge in [0.15, 0.2) is 9.84 Å². The van der Waals surface area contributed by atoms with Crippen LogP contribution in [0, 0.1) is 0 Å². The van der Waals surface area contributed by atoms with Crippen molar-refractivity contribution in [1.29, 1.82) is 0 Å². The minimum Gasteiger partial charge on any atom is -0.309 e. The van der Waals surface area contributed by atoms with Gasteiger partial charge < -0.3 is 5.32 Å².